The van der Waals surface area contributed by atoms with Crippen LogP contribution in [0.5, 0.6) is 11.5 Å². The Kier molecular flexibility index (Phi) is 12.0. The predicted octanol–water partition coefficient (Wildman–Crippen LogP) is 2.00. The highest BCUT2D eigenvalue weighted by atomic mass is 16.5. The van der Waals surface area contributed by atoms with Gasteiger partial charge in [0.2, 0.25) is 17.7 Å². The van der Waals surface area contributed by atoms with Crippen molar-refractivity contribution in [2.45, 2.75) is 44.4 Å². The maximum absolute atomic E-state index is 13.6. The summed E-state index contributed by atoms with van der Waals surface area (Å²) in [5.41, 5.74) is 3.03. The number of nitrogens with one attached hydrogen (secondary N) is 3. The Balaban J connectivity index is 1.31. The van der Waals surface area contributed by atoms with Crippen LogP contribution in [0.1, 0.15) is 39.9 Å². The normalized spacial score (nSPS) is 19.9. The van der Waals surface area contributed by atoms with Crippen LogP contribution in [0.25, 0.3) is 0 Å². The van der Waals surface area contributed by atoms with Crippen LogP contribution in [0.4, 0.5) is 0 Å². The fourth-order valence-electron chi connectivity index (χ4n) is 5.73. The number of fused-ring (bicyclic) bond motifs is 1. The number of morpholine rings is 1. The molecule has 3 aromatic carbocycles. The lowest BCUT2D eigenvalue weighted by atomic mass is 10.0. The number of carbonyl (C=O) groups excluding carboxylic acids is 4. The Hall–Kier alpha value is -4.94. The van der Waals surface area contributed by atoms with Crippen molar-refractivity contribution < 1.29 is 33.8 Å². The quantitative estimate of drug-likeness (QED) is 0.302. The molecule has 5 rings (SSSR count). The lowest BCUT2D eigenvalue weighted by molar-refractivity contribution is -0.135. The van der Waals surface area contributed by atoms with Crippen molar-refractivity contribution in [2.75, 3.05) is 46.5 Å². The monoisotopic (exact) mass is 657 g/mol. The molecule has 0 aromatic heterocycles. The molecule has 4 N–H and O–H groups in total. The van der Waals surface area contributed by atoms with Crippen molar-refractivity contribution in [2.24, 2.45) is 0 Å². The maximum Gasteiger partial charge on any atom is 0.255 e. The van der Waals surface area contributed by atoms with Crippen molar-refractivity contribution in [3.8, 4) is 11.5 Å². The molecule has 3 aromatic rings. The van der Waals surface area contributed by atoms with E-state index in [4.69, 9.17) is 9.47 Å². The van der Waals surface area contributed by atoms with Gasteiger partial charge in [-0.05, 0) is 47.4 Å². The smallest absolute Gasteiger partial charge is 0.255 e. The first kappa shape index (κ1) is 34.4. The minimum atomic E-state index is -1.04. The highest BCUT2D eigenvalue weighted by molar-refractivity contribution is 5.99. The van der Waals surface area contributed by atoms with Crippen LogP contribution in [-0.2, 0) is 38.6 Å². The lowest BCUT2D eigenvalue weighted by Crippen LogP contribution is -2.50. The van der Waals surface area contributed by atoms with Gasteiger partial charge in [-0.2, -0.15) is 0 Å². The van der Waals surface area contributed by atoms with Gasteiger partial charge in [0.25, 0.3) is 5.91 Å². The summed E-state index contributed by atoms with van der Waals surface area (Å²) in [7, 11) is 1.62. The molecule has 0 bridgehead atoms. The number of phenolic OH excluding ortho intramolecular Hbond substituents is 1. The minimum Gasteiger partial charge on any atom is -0.508 e. The predicted molar refractivity (Wildman–Crippen MR) is 178 cm³/mol. The summed E-state index contributed by atoms with van der Waals surface area (Å²) in [6.07, 6.45) is 0.0816. The second-order valence-corrected chi connectivity index (χ2v) is 12.1. The lowest BCUT2D eigenvalue weighted by Gasteiger charge is -2.26. The second kappa shape index (κ2) is 16.8. The number of likely N-dealkylation sites (N-methyl/N-ethyl adjacent to an activating group) is 1. The summed E-state index contributed by atoms with van der Waals surface area (Å²) in [5.74, 6) is -1.29. The van der Waals surface area contributed by atoms with Gasteiger partial charge in [0.05, 0.1) is 25.3 Å². The van der Waals surface area contributed by atoms with Gasteiger partial charge in [-0.15, -0.1) is 0 Å². The largest absolute Gasteiger partial charge is 0.508 e. The number of benzene rings is 3. The van der Waals surface area contributed by atoms with Gasteiger partial charge in [-0.25, -0.2) is 0 Å². The Morgan fingerprint density at radius 2 is 1.65 bits per heavy atom. The van der Waals surface area contributed by atoms with Crippen LogP contribution in [0.2, 0.25) is 0 Å². The summed E-state index contributed by atoms with van der Waals surface area (Å²) < 4.78 is 11.4. The van der Waals surface area contributed by atoms with E-state index in [1.807, 2.05) is 18.2 Å². The molecule has 48 heavy (non-hydrogen) atoms. The third kappa shape index (κ3) is 9.79. The van der Waals surface area contributed by atoms with Crippen molar-refractivity contribution in [1.29, 1.82) is 0 Å². The first-order valence-corrected chi connectivity index (χ1v) is 16.3. The molecule has 0 saturated carbocycles. The molecular formula is C36H43N5O7. The zero-order chi connectivity index (χ0) is 33.9. The average molecular weight is 658 g/mol. The van der Waals surface area contributed by atoms with Crippen LogP contribution >= 0.6 is 0 Å². The number of ether oxygens (including phenoxy) is 2. The van der Waals surface area contributed by atoms with E-state index in [0.717, 1.165) is 36.3 Å². The number of phenols is 1. The molecule has 0 radical (unpaired) electrons. The van der Waals surface area contributed by atoms with E-state index in [9.17, 15) is 24.3 Å². The molecule has 2 aliphatic heterocycles. The number of para-hydroxylation sites is 1. The number of carbonyl (C=O) groups is 4. The van der Waals surface area contributed by atoms with Gasteiger partial charge in [-0.1, -0.05) is 48.5 Å². The summed E-state index contributed by atoms with van der Waals surface area (Å²) in [6.45, 7) is 4.49. The molecule has 2 atom stereocenters. The molecule has 1 fully saturated rings. The minimum absolute atomic E-state index is 0.000535. The second-order valence-electron chi connectivity index (χ2n) is 12.1. The summed E-state index contributed by atoms with van der Waals surface area (Å²) in [5, 5.41) is 18.3. The molecule has 1 saturated heterocycles. The molecule has 12 heteroatoms. The van der Waals surface area contributed by atoms with Gasteiger partial charge in [0, 0.05) is 46.1 Å². The maximum atomic E-state index is 13.6. The van der Waals surface area contributed by atoms with Crippen LogP contribution in [0.15, 0.2) is 72.8 Å². The van der Waals surface area contributed by atoms with E-state index in [-0.39, 0.29) is 56.2 Å². The third-order valence-corrected chi connectivity index (χ3v) is 8.45. The number of hydrogen-bond acceptors (Lipinski definition) is 8. The zero-order valence-corrected chi connectivity index (χ0v) is 27.2. The van der Waals surface area contributed by atoms with Crippen molar-refractivity contribution in [1.82, 2.24) is 25.8 Å². The zero-order valence-electron chi connectivity index (χ0n) is 27.2. The molecule has 254 valence electrons. The Bertz CT molecular complexity index is 1570. The average Bonchev–Trinajstić information content (AvgIpc) is 3.10. The number of hydrogen-bond donors (Lipinski definition) is 4. The van der Waals surface area contributed by atoms with Crippen LogP contribution in [0, 0.1) is 0 Å². The number of aromatic hydroxyl groups is 1. The van der Waals surface area contributed by atoms with Crippen molar-refractivity contribution in [3.63, 3.8) is 0 Å². The van der Waals surface area contributed by atoms with E-state index in [1.54, 1.807) is 43.4 Å². The molecule has 4 amide bonds. The van der Waals surface area contributed by atoms with E-state index in [2.05, 4.69) is 26.9 Å². The molecule has 0 unspecified atom stereocenters. The van der Waals surface area contributed by atoms with Crippen LogP contribution in [0.3, 0.4) is 0 Å². The molecule has 2 aliphatic rings. The van der Waals surface area contributed by atoms with E-state index >= 15 is 0 Å². The van der Waals surface area contributed by atoms with Gasteiger partial charge in [-0.3, -0.25) is 24.1 Å². The van der Waals surface area contributed by atoms with Crippen molar-refractivity contribution in [3.05, 3.63) is 95.1 Å². The molecule has 12 nitrogen and oxygen atoms in total. The fourth-order valence-corrected chi connectivity index (χ4v) is 5.73. The van der Waals surface area contributed by atoms with E-state index < -0.39 is 29.8 Å². The van der Waals surface area contributed by atoms with Gasteiger partial charge in [0.1, 0.15) is 30.2 Å². The Morgan fingerprint density at radius 1 is 0.896 bits per heavy atom. The van der Waals surface area contributed by atoms with Crippen LogP contribution in [-0.4, -0.2) is 97.1 Å². The number of rotatable bonds is 7. The number of amides is 4. The molecule has 0 spiro atoms. The van der Waals surface area contributed by atoms with Gasteiger partial charge in [0.15, 0.2) is 0 Å². The summed E-state index contributed by atoms with van der Waals surface area (Å²) in [6, 6.07) is 19.2. The molecule has 2 heterocycles. The Morgan fingerprint density at radius 3 is 2.44 bits per heavy atom. The van der Waals surface area contributed by atoms with E-state index in [0.29, 0.717) is 19.0 Å². The fraction of sp³-hybridized carbons (Fsp3) is 0.389. The first-order valence-electron chi connectivity index (χ1n) is 16.3. The van der Waals surface area contributed by atoms with Crippen LogP contribution < -0.4 is 20.7 Å². The Labute approximate surface area is 280 Å². The number of nitrogens with zero attached hydrogens (tertiary/aromatic N) is 2. The van der Waals surface area contributed by atoms with Gasteiger partial charge >= 0.3 is 0 Å². The van der Waals surface area contributed by atoms with Gasteiger partial charge < -0.3 is 35.4 Å². The summed E-state index contributed by atoms with van der Waals surface area (Å²) in [4.78, 5) is 57.6. The highest BCUT2D eigenvalue weighted by Gasteiger charge is 2.28. The SMILES string of the molecule is CN1CCOc2ccccc2C(=O)N[C@H](C(=O)NCc2cccc(CN3CCOCC3)c2)CCC(=O)N[C@@H](Cc2ccc(O)cc2)C1=O. The third-order valence-electron chi connectivity index (χ3n) is 8.45. The first-order chi connectivity index (χ1) is 23.2. The van der Waals surface area contributed by atoms with E-state index in [1.165, 1.54) is 17.0 Å². The summed E-state index contributed by atoms with van der Waals surface area (Å²) >= 11 is 0. The molecular weight excluding hydrogens is 614 g/mol. The standard InChI is InChI=1S/C36H43N5O7/c1-40-15-20-48-32-8-3-2-7-29(32)34(44)39-30(13-14-33(43)38-31(36(40)46)22-25-9-11-28(42)12-10-25)35(45)37-23-26-5-4-6-27(21-26)24-41-16-18-47-19-17-41/h2-12,21,30-31,42H,13-20,22-24H2,1H3,(H,37,45)(H,38,43)(H,39,44)/t30-,31-/m0/s1. The topological polar surface area (TPSA) is 150 Å². The van der Waals surface area contributed by atoms with Crippen molar-refractivity contribution >= 4 is 23.6 Å². The molecule has 0 aliphatic carbocycles. The highest BCUT2D eigenvalue weighted by Crippen LogP contribution is 2.19.